The Bertz CT molecular complexity index is 1200. The van der Waals surface area contributed by atoms with Crippen molar-refractivity contribution in [2.24, 2.45) is 0 Å². The summed E-state index contributed by atoms with van der Waals surface area (Å²) < 4.78 is 82.9. The fourth-order valence-electron chi connectivity index (χ4n) is 4.41. The van der Waals surface area contributed by atoms with Crippen molar-refractivity contribution in [2.45, 2.75) is 98.2 Å². The smallest absolute Gasteiger partial charge is 0.374 e. The number of nitrogens with zero attached hydrogens (tertiary/aromatic N) is 1. The predicted molar refractivity (Wildman–Crippen MR) is 161 cm³/mol. The minimum atomic E-state index is -4.59. The molecule has 42 heavy (non-hydrogen) atoms. The Hall–Kier alpha value is -3.29. The van der Waals surface area contributed by atoms with E-state index < -0.39 is 35.4 Å². The number of pyridine rings is 1. The molecule has 2 aromatic rings. The maximum Gasteiger partial charge on any atom is 0.417 e. The molecule has 0 radical (unpaired) electrons. The summed E-state index contributed by atoms with van der Waals surface area (Å²) in [6.07, 6.45) is 3.27. The molecule has 8 heteroatoms. The molecule has 1 N–H and O–H groups in total. The first-order valence-electron chi connectivity index (χ1n) is 14.4. The van der Waals surface area contributed by atoms with Gasteiger partial charge in [-0.3, -0.25) is 4.98 Å². The standard InChI is InChI=1S/C30H32F6N2.2C2H6/c1-4-5-11-23(16-17-28(3,32)33)29(19-22-9-7-6-8-10-22,38-25-14-12-21(2)26(31)18-25)27-15-13-24(20-37-27)30(34,35)36;2*1-2/h4-10,13,15-16,18,20,38H,11-12,14,17,19H2,1-3H3;2*1-2H3/b5-4-,23-16+;;. The van der Waals surface area contributed by atoms with E-state index in [0.717, 1.165) is 24.8 Å². The van der Waals surface area contributed by atoms with Gasteiger partial charge < -0.3 is 5.32 Å². The molecule has 0 bridgehead atoms. The molecule has 0 saturated heterocycles. The summed E-state index contributed by atoms with van der Waals surface area (Å²) in [4.78, 5) is 4.22. The lowest BCUT2D eigenvalue weighted by molar-refractivity contribution is -0.137. The van der Waals surface area contributed by atoms with Crippen LogP contribution in [0.5, 0.6) is 0 Å². The van der Waals surface area contributed by atoms with Gasteiger partial charge in [-0.1, -0.05) is 76.3 Å². The highest BCUT2D eigenvalue weighted by molar-refractivity contribution is 5.40. The highest BCUT2D eigenvalue weighted by Gasteiger charge is 2.40. The Labute approximate surface area is 247 Å². The number of alkyl halides is 5. The number of hydrogen-bond acceptors (Lipinski definition) is 2. The van der Waals surface area contributed by atoms with E-state index in [1.807, 2.05) is 58.0 Å². The van der Waals surface area contributed by atoms with Gasteiger partial charge in [0.2, 0.25) is 5.92 Å². The van der Waals surface area contributed by atoms with Crippen molar-refractivity contribution in [3.63, 3.8) is 0 Å². The second kappa shape index (κ2) is 17.0. The monoisotopic (exact) mass is 594 g/mol. The SMILES string of the molecule is C/C=C\C/C(=C\CC(C)(F)F)C(Cc1ccccc1)(NC1=CC(F)=C(C)CC1)c1ccc(C(F)(F)F)cn1.CC.CC. The van der Waals surface area contributed by atoms with Gasteiger partial charge in [0.15, 0.2) is 0 Å². The first kappa shape index (κ1) is 36.7. The third-order valence-electron chi connectivity index (χ3n) is 6.52. The Balaban J connectivity index is 0.00000211. The molecule has 1 atom stereocenters. The van der Waals surface area contributed by atoms with Crippen LogP contribution < -0.4 is 5.32 Å². The van der Waals surface area contributed by atoms with E-state index in [4.69, 9.17) is 0 Å². The maximum atomic E-state index is 14.6. The van der Waals surface area contributed by atoms with Crippen molar-refractivity contribution in [1.82, 2.24) is 10.3 Å². The van der Waals surface area contributed by atoms with Crippen LogP contribution in [0.15, 0.2) is 95.6 Å². The van der Waals surface area contributed by atoms with Crippen LogP contribution in [-0.4, -0.2) is 10.9 Å². The zero-order valence-electron chi connectivity index (χ0n) is 25.7. The van der Waals surface area contributed by atoms with Gasteiger partial charge in [-0.2, -0.15) is 13.2 Å². The summed E-state index contributed by atoms with van der Waals surface area (Å²) >= 11 is 0. The van der Waals surface area contributed by atoms with E-state index >= 15 is 0 Å². The minimum Gasteiger partial charge on any atom is -0.374 e. The molecule has 1 aromatic heterocycles. The van der Waals surface area contributed by atoms with Gasteiger partial charge in [-0.05, 0) is 75.0 Å². The Morgan fingerprint density at radius 3 is 2.10 bits per heavy atom. The highest BCUT2D eigenvalue weighted by atomic mass is 19.4. The molecule has 1 aliphatic rings. The molecule has 0 amide bonds. The van der Waals surface area contributed by atoms with Crippen molar-refractivity contribution in [2.75, 3.05) is 0 Å². The summed E-state index contributed by atoms with van der Waals surface area (Å²) in [7, 11) is 0. The quantitative estimate of drug-likeness (QED) is 0.219. The van der Waals surface area contributed by atoms with E-state index in [0.29, 0.717) is 29.7 Å². The second-order valence-corrected chi connectivity index (χ2v) is 9.70. The number of nitrogens with one attached hydrogen (secondary N) is 1. The predicted octanol–water partition coefficient (Wildman–Crippen LogP) is 11.0. The van der Waals surface area contributed by atoms with E-state index in [9.17, 15) is 26.3 Å². The molecule has 0 spiro atoms. The molecule has 1 heterocycles. The zero-order chi connectivity index (χ0) is 32.0. The van der Waals surface area contributed by atoms with Crippen LogP contribution >= 0.6 is 0 Å². The third kappa shape index (κ3) is 10.8. The van der Waals surface area contributed by atoms with E-state index in [2.05, 4.69) is 10.3 Å². The molecule has 1 unspecified atom stereocenters. The fourth-order valence-corrected chi connectivity index (χ4v) is 4.41. The van der Waals surface area contributed by atoms with Crippen LogP contribution in [0.4, 0.5) is 26.3 Å². The van der Waals surface area contributed by atoms with Gasteiger partial charge in [-0.15, -0.1) is 0 Å². The van der Waals surface area contributed by atoms with Gasteiger partial charge in [0.25, 0.3) is 0 Å². The van der Waals surface area contributed by atoms with Gasteiger partial charge in [-0.25, -0.2) is 13.2 Å². The summed E-state index contributed by atoms with van der Waals surface area (Å²) in [5, 5.41) is 3.38. The highest BCUT2D eigenvalue weighted by Crippen LogP contribution is 2.39. The van der Waals surface area contributed by atoms with Gasteiger partial charge >= 0.3 is 6.18 Å². The molecule has 0 saturated carbocycles. The number of allylic oxidation sites excluding steroid dienone is 7. The van der Waals surface area contributed by atoms with Crippen LogP contribution in [0.2, 0.25) is 0 Å². The first-order valence-corrected chi connectivity index (χ1v) is 14.4. The van der Waals surface area contributed by atoms with Crippen molar-refractivity contribution in [3.8, 4) is 0 Å². The van der Waals surface area contributed by atoms with E-state index in [1.54, 1.807) is 26.0 Å². The normalized spacial score (nSPS) is 15.6. The lowest BCUT2D eigenvalue weighted by Crippen LogP contribution is -2.47. The van der Waals surface area contributed by atoms with Crippen LogP contribution in [-0.2, 0) is 18.1 Å². The van der Waals surface area contributed by atoms with Crippen LogP contribution in [0, 0.1) is 0 Å². The number of aromatic nitrogens is 1. The molecule has 0 fully saturated rings. The lowest BCUT2D eigenvalue weighted by Gasteiger charge is -2.40. The maximum absolute atomic E-state index is 14.6. The van der Waals surface area contributed by atoms with Crippen molar-refractivity contribution in [3.05, 3.63) is 112 Å². The van der Waals surface area contributed by atoms with Crippen LogP contribution in [0.1, 0.15) is 91.0 Å². The molecule has 3 rings (SSSR count). The Kier molecular flexibility index (Phi) is 14.9. The largest absolute Gasteiger partial charge is 0.417 e. The molecule has 2 nitrogen and oxygen atoms in total. The molecular weight excluding hydrogens is 550 g/mol. The van der Waals surface area contributed by atoms with E-state index in [1.165, 1.54) is 18.2 Å². The second-order valence-electron chi connectivity index (χ2n) is 9.70. The summed E-state index contributed by atoms with van der Waals surface area (Å²) in [5.41, 5.74) is 0.383. The van der Waals surface area contributed by atoms with Crippen molar-refractivity contribution < 1.29 is 26.3 Å². The van der Waals surface area contributed by atoms with Gasteiger partial charge in [0.05, 0.1) is 11.3 Å². The first-order chi connectivity index (χ1) is 19.8. The fraction of sp³-hybridized carbons (Fsp3) is 0.441. The topological polar surface area (TPSA) is 24.9 Å². The Morgan fingerprint density at radius 2 is 1.60 bits per heavy atom. The molecule has 232 valence electrons. The third-order valence-corrected chi connectivity index (χ3v) is 6.52. The summed E-state index contributed by atoms with van der Waals surface area (Å²) in [5.74, 6) is -3.41. The molecule has 1 aliphatic carbocycles. The molecule has 0 aliphatic heterocycles. The number of rotatable bonds is 10. The van der Waals surface area contributed by atoms with Crippen molar-refractivity contribution in [1.29, 1.82) is 0 Å². The Morgan fingerprint density at radius 1 is 0.952 bits per heavy atom. The van der Waals surface area contributed by atoms with Crippen LogP contribution in [0.3, 0.4) is 0 Å². The number of halogens is 6. The number of benzene rings is 1. The van der Waals surface area contributed by atoms with E-state index in [-0.39, 0.29) is 18.5 Å². The van der Waals surface area contributed by atoms with Crippen molar-refractivity contribution >= 4 is 0 Å². The van der Waals surface area contributed by atoms with Gasteiger partial charge in [0.1, 0.15) is 11.4 Å². The summed E-state index contributed by atoms with van der Waals surface area (Å²) in [6, 6.07) is 11.4. The average Bonchev–Trinajstić information content (AvgIpc) is 2.96. The van der Waals surface area contributed by atoms with Gasteiger partial charge in [0, 0.05) is 24.7 Å². The lowest BCUT2D eigenvalue weighted by atomic mass is 9.77. The molecule has 1 aromatic carbocycles. The zero-order valence-corrected chi connectivity index (χ0v) is 25.7. The molecular formula is C34H44F6N2. The van der Waals surface area contributed by atoms with Crippen LogP contribution in [0.25, 0.3) is 0 Å². The average molecular weight is 595 g/mol. The summed E-state index contributed by atoms with van der Waals surface area (Å²) in [6.45, 7) is 12.3. The minimum absolute atomic E-state index is 0.187. The number of hydrogen-bond donors (Lipinski definition) is 1.